The van der Waals surface area contributed by atoms with Crippen LogP contribution in [-0.2, 0) is 0 Å². The van der Waals surface area contributed by atoms with Gasteiger partial charge in [-0.05, 0) is 13.0 Å². The summed E-state index contributed by atoms with van der Waals surface area (Å²) in [6, 6.07) is 0. The zero-order valence-corrected chi connectivity index (χ0v) is 9.68. The molecule has 0 saturated carbocycles. The standard InChI is InChI=1S/C9H19N3OS/c1-9(2)3-4-12(5-6-14-9)7-8(10)11-13/h13H,3-7H2,1-2H3,(H2,10,11). The third kappa shape index (κ3) is 3.75. The molecule has 1 aliphatic heterocycles. The Morgan fingerprint density at radius 2 is 2.29 bits per heavy atom. The fourth-order valence-electron chi connectivity index (χ4n) is 1.48. The number of hydrogen-bond acceptors (Lipinski definition) is 4. The molecule has 82 valence electrons. The molecule has 0 amide bonds. The summed E-state index contributed by atoms with van der Waals surface area (Å²) in [5.74, 6) is 1.42. The Hall–Kier alpha value is -0.420. The average Bonchev–Trinajstić information content (AvgIpc) is 2.28. The molecule has 1 aliphatic rings. The predicted molar refractivity (Wildman–Crippen MR) is 61.0 cm³/mol. The van der Waals surface area contributed by atoms with Crippen molar-refractivity contribution in [2.24, 2.45) is 10.9 Å². The van der Waals surface area contributed by atoms with E-state index in [1.54, 1.807) is 0 Å². The second-order valence-corrected chi connectivity index (χ2v) is 6.03. The lowest BCUT2D eigenvalue weighted by molar-refractivity contribution is 0.296. The van der Waals surface area contributed by atoms with Crippen molar-refractivity contribution < 1.29 is 5.21 Å². The van der Waals surface area contributed by atoms with E-state index in [0.717, 1.165) is 25.3 Å². The van der Waals surface area contributed by atoms with Crippen LogP contribution in [0.25, 0.3) is 0 Å². The van der Waals surface area contributed by atoms with Crippen molar-refractivity contribution in [3.63, 3.8) is 0 Å². The number of thioether (sulfide) groups is 1. The molecule has 4 nitrogen and oxygen atoms in total. The molecule has 3 N–H and O–H groups in total. The maximum Gasteiger partial charge on any atom is 0.153 e. The summed E-state index contributed by atoms with van der Waals surface area (Å²) in [7, 11) is 0. The third-order valence-electron chi connectivity index (χ3n) is 2.44. The van der Waals surface area contributed by atoms with Gasteiger partial charge >= 0.3 is 0 Å². The molecule has 1 fully saturated rings. The van der Waals surface area contributed by atoms with Crippen LogP contribution in [0.4, 0.5) is 0 Å². The fourth-order valence-corrected chi connectivity index (χ4v) is 2.62. The van der Waals surface area contributed by atoms with E-state index >= 15 is 0 Å². The van der Waals surface area contributed by atoms with Gasteiger partial charge in [0.1, 0.15) is 0 Å². The highest BCUT2D eigenvalue weighted by atomic mass is 32.2. The lowest BCUT2D eigenvalue weighted by Gasteiger charge is -2.22. The molecule has 0 aromatic rings. The van der Waals surface area contributed by atoms with Gasteiger partial charge in [0.15, 0.2) is 5.84 Å². The fraction of sp³-hybridized carbons (Fsp3) is 0.889. The molecule has 0 aromatic heterocycles. The number of rotatable bonds is 2. The van der Waals surface area contributed by atoms with Crippen molar-refractivity contribution in [3.05, 3.63) is 0 Å². The van der Waals surface area contributed by atoms with Gasteiger partial charge < -0.3 is 10.9 Å². The summed E-state index contributed by atoms with van der Waals surface area (Å²) in [5, 5.41) is 11.5. The summed E-state index contributed by atoms with van der Waals surface area (Å²) < 4.78 is 0.361. The third-order valence-corrected chi connectivity index (χ3v) is 3.82. The van der Waals surface area contributed by atoms with E-state index in [0.29, 0.717) is 17.1 Å². The summed E-state index contributed by atoms with van der Waals surface area (Å²) in [4.78, 5) is 2.23. The first kappa shape index (κ1) is 11.7. The van der Waals surface area contributed by atoms with E-state index in [9.17, 15) is 0 Å². The quantitative estimate of drug-likeness (QED) is 0.313. The second kappa shape index (κ2) is 4.89. The highest BCUT2D eigenvalue weighted by Crippen LogP contribution is 2.30. The van der Waals surface area contributed by atoms with E-state index in [1.807, 2.05) is 11.8 Å². The van der Waals surface area contributed by atoms with Crippen molar-refractivity contribution in [2.75, 3.05) is 25.4 Å². The average molecular weight is 217 g/mol. The molecule has 0 aromatic carbocycles. The highest BCUT2D eigenvalue weighted by Gasteiger charge is 2.23. The topological polar surface area (TPSA) is 61.8 Å². The van der Waals surface area contributed by atoms with Crippen molar-refractivity contribution in [1.82, 2.24) is 4.90 Å². The van der Waals surface area contributed by atoms with Crippen molar-refractivity contribution in [2.45, 2.75) is 25.0 Å². The zero-order chi connectivity index (χ0) is 10.6. The van der Waals surface area contributed by atoms with Gasteiger partial charge in [0.05, 0.1) is 6.54 Å². The summed E-state index contributed by atoms with van der Waals surface area (Å²) in [6.45, 7) is 7.16. The molecule has 14 heavy (non-hydrogen) atoms. The van der Waals surface area contributed by atoms with E-state index in [-0.39, 0.29) is 0 Å². The largest absolute Gasteiger partial charge is 0.409 e. The monoisotopic (exact) mass is 217 g/mol. The normalized spacial score (nSPS) is 24.6. The Morgan fingerprint density at radius 1 is 1.57 bits per heavy atom. The first-order valence-corrected chi connectivity index (χ1v) is 5.85. The Bertz CT molecular complexity index is 218. The Balaban J connectivity index is 2.42. The number of nitrogens with two attached hydrogens (primary N) is 1. The second-order valence-electron chi connectivity index (χ2n) is 4.23. The Morgan fingerprint density at radius 3 is 2.93 bits per heavy atom. The molecular weight excluding hydrogens is 198 g/mol. The molecule has 0 spiro atoms. The van der Waals surface area contributed by atoms with Gasteiger partial charge in [-0.15, -0.1) is 0 Å². The van der Waals surface area contributed by atoms with Crippen molar-refractivity contribution in [3.8, 4) is 0 Å². The molecule has 0 unspecified atom stereocenters. The predicted octanol–water partition coefficient (Wildman–Crippen LogP) is 0.950. The molecule has 1 heterocycles. The lowest BCUT2D eigenvalue weighted by Crippen LogP contribution is -2.35. The highest BCUT2D eigenvalue weighted by molar-refractivity contribution is 8.00. The van der Waals surface area contributed by atoms with Crippen LogP contribution < -0.4 is 5.73 Å². The van der Waals surface area contributed by atoms with Gasteiger partial charge in [-0.25, -0.2) is 0 Å². The minimum absolute atomic E-state index is 0.301. The van der Waals surface area contributed by atoms with Crippen molar-refractivity contribution >= 4 is 17.6 Å². The minimum atomic E-state index is 0.301. The van der Waals surface area contributed by atoms with Crippen LogP contribution in [0.1, 0.15) is 20.3 Å². The maximum absolute atomic E-state index is 8.47. The summed E-state index contributed by atoms with van der Waals surface area (Å²) in [6.07, 6.45) is 1.15. The molecule has 1 saturated heterocycles. The van der Waals surface area contributed by atoms with Gasteiger partial charge in [-0.3, -0.25) is 4.90 Å². The smallest absolute Gasteiger partial charge is 0.153 e. The van der Waals surface area contributed by atoms with Gasteiger partial charge in [-0.1, -0.05) is 19.0 Å². The molecule has 1 rings (SSSR count). The number of amidine groups is 1. The Kier molecular flexibility index (Phi) is 4.07. The van der Waals surface area contributed by atoms with Gasteiger partial charge in [-0.2, -0.15) is 11.8 Å². The van der Waals surface area contributed by atoms with Gasteiger partial charge in [0.2, 0.25) is 0 Å². The first-order chi connectivity index (χ1) is 6.53. The maximum atomic E-state index is 8.47. The zero-order valence-electron chi connectivity index (χ0n) is 8.86. The van der Waals surface area contributed by atoms with Crippen LogP contribution in [0.5, 0.6) is 0 Å². The van der Waals surface area contributed by atoms with E-state index in [2.05, 4.69) is 23.9 Å². The van der Waals surface area contributed by atoms with Crippen LogP contribution in [-0.4, -0.2) is 46.1 Å². The summed E-state index contributed by atoms with van der Waals surface area (Å²) in [5.41, 5.74) is 5.47. The van der Waals surface area contributed by atoms with Gasteiger partial charge in [0.25, 0.3) is 0 Å². The molecule has 0 radical (unpaired) electrons. The molecule has 0 aliphatic carbocycles. The van der Waals surface area contributed by atoms with Crippen LogP contribution >= 0.6 is 11.8 Å². The lowest BCUT2D eigenvalue weighted by atomic mass is 10.1. The SMILES string of the molecule is CC1(C)CCN(CC(N)=NO)CCS1. The molecule has 0 atom stereocenters. The molecular formula is C9H19N3OS. The molecule has 5 heteroatoms. The minimum Gasteiger partial charge on any atom is -0.409 e. The van der Waals surface area contributed by atoms with Crippen LogP contribution in [0, 0.1) is 0 Å². The van der Waals surface area contributed by atoms with Crippen molar-refractivity contribution in [1.29, 1.82) is 0 Å². The first-order valence-electron chi connectivity index (χ1n) is 4.86. The van der Waals surface area contributed by atoms with E-state index < -0.39 is 0 Å². The van der Waals surface area contributed by atoms with Crippen LogP contribution in [0.2, 0.25) is 0 Å². The summed E-state index contributed by atoms with van der Waals surface area (Å²) >= 11 is 1.99. The van der Waals surface area contributed by atoms with Gasteiger partial charge in [0, 0.05) is 17.0 Å². The Labute approximate surface area is 89.5 Å². The van der Waals surface area contributed by atoms with Crippen LogP contribution in [0.15, 0.2) is 5.16 Å². The number of oxime groups is 1. The van der Waals surface area contributed by atoms with E-state index in [4.69, 9.17) is 10.9 Å². The molecule has 0 bridgehead atoms. The van der Waals surface area contributed by atoms with E-state index in [1.165, 1.54) is 0 Å². The number of hydrogen-bond donors (Lipinski definition) is 2. The number of nitrogens with zero attached hydrogens (tertiary/aromatic N) is 2. The van der Waals surface area contributed by atoms with Crippen LogP contribution in [0.3, 0.4) is 0 Å².